The Kier molecular flexibility index (Phi) is 3.99. The van der Waals surface area contributed by atoms with Crippen molar-refractivity contribution < 1.29 is 14.3 Å². The van der Waals surface area contributed by atoms with Crippen molar-refractivity contribution in [2.75, 3.05) is 14.2 Å². The van der Waals surface area contributed by atoms with E-state index in [1.165, 1.54) is 0 Å². The fraction of sp³-hybridized carbons (Fsp3) is 0.238. The number of aryl methyl sites for hydroxylation is 1. The highest BCUT2D eigenvalue weighted by molar-refractivity contribution is 6.05. The Bertz CT molecular complexity index is 929. The molecule has 5 heteroatoms. The monoisotopic (exact) mass is 348 g/mol. The molecule has 0 radical (unpaired) electrons. The molecule has 0 N–H and O–H groups in total. The molecule has 1 amide bonds. The molecular formula is C21H20N2O3. The topological polar surface area (TPSA) is 51.1 Å². The molecule has 0 bridgehead atoms. The fourth-order valence-electron chi connectivity index (χ4n) is 3.45. The summed E-state index contributed by atoms with van der Waals surface area (Å²) < 4.78 is 10.6. The Morgan fingerprint density at radius 2 is 1.88 bits per heavy atom. The minimum Gasteiger partial charge on any atom is -0.497 e. The first-order valence-corrected chi connectivity index (χ1v) is 8.51. The van der Waals surface area contributed by atoms with E-state index in [0.29, 0.717) is 17.0 Å². The Morgan fingerprint density at radius 3 is 2.58 bits per heavy atom. The van der Waals surface area contributed by atoms with Crippen LogP contribution in [-0.2, 0) is 0 Å². The van der Waals surface area contributed by atoms with Gasteiger partial charge in [-0.1, -0.05) is 12.1 Å². The van der Waals surface area contributed by atoms with E-state index >= 15 is 0 Å². The zero-order chi connectivity index (χ0) is 18.3. The Labute approximate surface area is 152 Å². The molecule has 2 heterocycles. The number of benzene rings is 2. The highest BCUT2D eigenvalue weighted by atomic mass is 16.5. The van der Waals surface area contributed by atoms with Crippen molar-refractivity contribution in [3.8, 4) is 11.5 Å². The second kappa shape index (κ2) is 6.33. The van der Waals surface area contributed by atoms with E-state index < -0.39 is 0 Å². The molecule has 26 heavy (non-hydrogen) atoms. The van der Waals surface area contributed by atoms with Gasteiger partial charge in [-0.3, -0.25) is 9.79 Å². The highest BCUT2D eigenvalue weighted by Crippen LogP contribution is 2.36. The SMILES string of the molecule is COc1ccc(C2=CN3C(=O)c4cc(OC)c(C)cc4N=C[C@@H]3C2)cc1. The van der Waals surface area contributed by atoms with Gasteiger partial charge >= 0.3 is 0 Å². The van der Waals surface area contributed by atoms with Crippen LogP contribution in [0.5, 0.6) is 11.5 Å². The van der Waals surface area contributed by atoms with Gasteiger partial charge in [0.05, 0.1) is 31.5 Å². The van der Waals surface area contributed by atoms with Crippen LogP contribution in [0.4, 0.5) is 5.69 Å². The molecule has 2 aromatic carbocycles. The first-order chi connectivity index (χ1) is 12.6. The van der Waals surface area contributed by atoms with E-state index in [2.05, 4.69) is 4.99 Å². The van der Waals surface area contributed by atoms with E-state index in [0.717, 1.165) is 28.9 Å². The number of hydrogen-bond acceptors (Lipinski definition) is 4. The zero-order valence-corrected chi connectivity index (χ0v) is 15.0. The summed E-state index contributed by atoms with van der Waals surface area (Å²) in [5, 5.41) is 0. The van der Waals surface area contributed by atoms with E-state index in [9.17, 15) is 4.79 Å². The maximum absolute atomic E-state index is 13.1. The summed E-state index contributed by atoms with van der Waals surface area (Å²) in [7, 11) is 3.26. The van der Waals surface area contributed by atoms with Gasteiger partial charge in [-0.05, 0) is 47.9 Å². The van der Waals surface area contributed by atoms with Crippen molar-refractivity contribution in [2.24, 2.45) is 4.99 Å². The van der Waals surface area contributed by atoms with E-state index in [1.54, 1.807) is 25.2 Å². The normalized spacial score (nSPS) is 18.1. The van der Waals surface area contributed by atoms with Crippen LogP contribution in [0, 0.1) is 6.92 Å². The van der Waals surface area contributed by atoms with Crippen LogP contribution in [0.1, 0.15) is 27.9 Å². The Hall–Kier alpha value is -3.08. The van der Waals surface area contributed by atoms with Gasteiger partial charge in [-0.25, -0.2) is 0 Å². The average molecular weight is 348 g/mol. The number of nitrogens with zero attached hydrogens (tertiary/aromatic N) is 2. The van der Waals surface area contributed by atoms with Crippen molar-refractivity contribution in [2.45, 2.75) is 19.4 Å². The third kappa shape index (κ3) is 2.65. The molecule has 2 aliphatic heterocycles. The summed E-state index contributed by atoms with van der Waals surface area (Å²) in [6.45, 7) is 1.95. The third-order valence-electron chi connectivity index (χ3n) is 4.91. The van der Waals surface area contributed by atoms with Crippen molar-refractivity contribution >= 4 is 23.4 Å². The Morgan fingerprint density at radius 1 is 1.12 bits per heavy atom. The lowest BCUT2D eigenvalue weighted by atomic mass is 10.0. The van der Waals surface area contributed by atoms with Gasteiger partial charge in [0.2, 0.25) is 0 Å². The standard InChI is InChI=1S/C21H20N2O3/c1-13-8-19-18(10-20(13)26-3)21(24)23-12-15(9-16(23)11-22-19)14-4-6-17(25-2)7-5-14/h4-8,10-12,16H,9H2,1-3H3/t16-/m0/s1. The van der Waals surface area contributed by atoms with E-state index in [1.807, 2.05) is 49.7 Å². The summed E-state index contributed by atoms with van der Waals surface area (Å²) in [4.78, 5) is 19.4. The van der Waals surface area contributed by atoms with Crippen LogP contribution in [-0.4, -0.2) is 37.3 Å². The summed E-state index contributed by atoms with van der Waals surface area (Å²) in [5.41, 5.74) is 4.43. The second-order valence-corrected chi connectivity index (χ2v) is 6.48. The van der Waals surface area contributed by atoms with Gasteiger partial charge in [0, 0.05) is 18.8 Å². The van der Waals surface area contributed by atoms with Gasteiger partial charge in [0.15, 0.2) is 0 Å². The maximum atomic E-state index is 13.1. The summed E-state index contributed by atoms with van der Waals surface area (Å²) in [5.74, 6) is 1.46. The van der Waals surface area contributed by atoms with Crippen LogP contribution < -0.4 is 9.47 Å². The molecule has 0 saturated carbocycles. The zero-order valence-electron chi connectivity index (χ0n) is 15.0. The number of aliphatic imine (C=N–C) groups is 1. The number of ether oxygens (including phenoxy) is 2. The predicted molar refractivity (Wildman–Crippen MR) is 101 cm³/mol. The lowest BCUT2D eigenvalue weighted by molar-refractivity contribution is 0.0817. The molecule has 132 valence electrons. The van der Waals surface area contributed by atoms with Gasteiger partial charge in [-0.2, -0.15) is 0 Å². The molecule has 4 rings (SSSR count). The molecule has 0 fully saturated rings. The highest BCUT2D eigenvalue weighted by Gasteiger charge is 2.33. The number of carbonyl (C=O) groups excluding carboxylic acids is 1. The van der Waals surface area contributed by atoms with Crippen LogP contribution in [0.2, 0.25) is 0 Å². The molecule has 0 spiro atoms. The molecule has 2 aromatic rings. The van der Waals surface area contributed by atoms with Crippen LogP contribution in [0.25, 0.3) is 5.57 Å². The number of methoxy groups -OCH3 is 2. The first-order valence-electron chi connectivity index (χ1n) is 8.51. The van der Waals surface area contributed by atoms with Crippen molar-refractivity contribution in [3.05, 3.63) is 59.3 Å². The van der Waals surface area contributed by atoms with E-state index in [-0.39, 0.29) is 11.9 Å². The summed E-state index contributed by atoms with van der Waals surface area (Å²) in [6, 6.07) is 11.5. The molecule has 0 aliphatic carbocycles. The van der Waals surface area contributed by atoms with Crippen LogP contribution in [0.3, 0.4) is 0 Å². The predicted octanol–water partition coefficient (Wildman–Crippen LogP) is 3.98. The number of hydrogen-bond donors (Lipinski definition) is 0. The number of amides is 1. The minimum absolute atomic E-state index is 0.0516. The van der Waals surface area contributed by atoms with Gasteiger partial charge in [0.1, 0.15) is 11.5 Å². The third-order valence-corrected chi connectivity index (χ3v) is 4.91. The Balaban J connectivity index is 1.70. The summed E-state index contributed by atoms with van der Waals surface area (Å²) in [6.07, 6.45) is 4.54. The lowest BCUT2D eigenvalue weighted by Gasteiger charge is -2.18. The maximum Gasteiger partial charge on any atom is 0.260 e. The first kappa shape index (κ1) is 16.4. The van der Waals surface area contributed by atoms with Crippen molar-refractivity contribution in [1.29, 1.82) is 0 Å². The van der Waals surface area contributed by atoms with Crippen molar-refractivity contribution in [1.82, 2.24) is 4.90 Å². The molecule has 2 aliphatic rings. The number of rotatable bonds is 3. The largest absolute Gasteiger partial charge is 0.497 e. The van der Waals surface area contributed by atoms with Gasteiger partial charge in [-0.15, -0.1) is 0 Å². The van der Waals surface area contributed by atoms with Gasteiger partial charge < -0.3 is 14.4 Å². The average Bonchev–Trinajstić information content (AvgIpc) is 3.05. The molecule has 5 nitrogen and oxygen atoms in total. The molecule has 0 unspecified atom stereocenters. The van der Waals surface area contributed by atoms with Gasteiger partial charge in [0.25, 0.3) is 5.91 Å². The molecule has 1 atom stereocenters. The van der Waals surface area contributed by atoms with Crippen LogP contribution in [0.15, 0.2) is 47.6 Å². The van der Waals surface area contributed by atoms with Crippen LogP contribution >= 0.6 is 0 Å². The second-order valence-electron chi connectivity index (χ2n) is 6.48. The van der Waals surface area contributed by atoms with E-state index in [4.69, 9.17) is 9.47 Å². The number of carbonyl (C=O) groups is 1. The fourth-order valence-corrected chi connectivity index (χ4v) is 3.45. The minimum atomic E-state index is -0.0710. The molecule has 0 saturated heterocycles. The molecule has 0 aromatic heterocycles. The quantitative estimate of drug-likeness (QED) is 0.843. The van der Waals surface area contributed by atoms with Crippen molar-refractivity contribution in [3.63, 3.8) is 0 Å². The molecular weight excluding hydrogens is 328 g/mol. The lowest BCUT2D eigenvalue weighted by Crippen LogP contribution is -2.32. The summed E-state index contributed by atoms with van der Waals surface area (Å²) >= 11 is 0. The number of fused-ring (bicyclic) bond motifs is 2. The smallest absolute Gasteiger partial charge is 0.260 e.